The van der Waals surface area contributed by atoms with Crippen molar-refractivity contribution in [3.05, 3.63) is 12.2 Å². The minimum Gasteiger partial charge on any atom is -0.462 e. The van der Waals surface area contributed by atoms with Crippen LogP contribution in [0.15, 0.2) is 12.2 Å². The van der Waals surface area contributed by atoms with Gasteiger partial charge in [-0.3, -0.25) is 0 Å². The molecular formula is C11H20O4. The average molecular weight is 216 g/mol. The lowest BCUT2D eigenvalue weighted by atomic mass is 10.3. The van der Waals surface area contributed by atoms with Gasteiger partial charge < -0.3 is 14.6 Å². The molecular weight excluding hydrogens is 196 g/mol. The second-order valence-electron chi connectivity index (χ2n) is 3.38. The van der Waals surface area contributed by atoms with Gasteiger partial charge in [0.1, 0.15) is 0 Å². The molecule has 4 heteroatoms. The molecule has 4 nitrogen and oxygen atoms in total. The monoisotopic (exact) mass is 216 g/mol. The standard InChI is InChI=1S/C11H20O4/c1-4-5-7-14-10(12)6-8-15-11(13)9(2)3/h10,12H,2,4-8H2,1,3H3. The van der Waals surface area contributed by atoms with Gasteiger partial charge in [-0.15, -0.1) is 0 Å². The summed E-state index contributed by atoms with van der Waals surface area (Å²) >= 11 is 0. The predicted octanol–water partition coefficient (Wildman–Crippen LogP) is 1.63. The van der Waals surface area contributed by atoms with E-state index in [2.05, 4.69) is 6.58 Å². The second-order valence-corrected chi connectivity index (χ2v) is 3.38. The molecule has 0 aromatic heterocycles. The molecule has 0 saturated carbocycles. The summed E-state index contributed by atoms with van der Waals surface area (Å²) in [6.07, 6.45) is 1.39. The molecule has 0 radical (unpaired) electrons. The Morgan fingerprint density at radius 3 is 2.67 bits per heavy atom. The smallest absolute Gasteiger partial charge is 0.333 e. The summed E-state index contributed by atoms with van der Waals surface area (Å²) < 4.78 is 9.87. The number of esters is 1. The number of hydrogen-bond donors (Lipinski definition) is 1. The first kappa shape index (κ1) is 14.1. The van der Waals surface area contributed by atoms with E-state index >= 15 is 0 Å². The van der Waals surface area contributed by atoms with Gasteiger partial charge in [0.25, 0.3) is 0 Å². The Bertz CT molecular complexity index is 201. The normalized spacial score (nSPS) is 12.2. The maximum Gasteiger partial charge on any atom is 0.333 e. The van der Waals surface area contributed by atoms with Crippen LogP contribution in [0.25, 0.3) is 0 Å². The third-order valence-electron chi connectivity index (χ3n) is 1.75. The van der Waals surface area contributed by atoms with Gasteiger partial charge in [0.05, 0.1) is 6.61 Å². The molecule has 0 bridgehead atoms. The molecule has 0 aliphatic rings. The fraction of sp³-hybridized carbons (Fsp3) is 0.727. The van der Waals surface area contributed by atoms with Gasteiger partial charge in [-0.2, -0.15) is 0 Å². The highest BCUT2D eigenvalue weighted by molar-refractivity contribution is 5.86. The Labute approximate surface area is 90.9 Å². The Hall–Kier alpha value is -0.870. The zero-order valence-electron chi connectivity index (χ0n) is 9.49. The van der Waals surface area contributed by atoms with E-state index in [0.717, 1.165) is 12.8 Å². The zero-order chi connectivity index (χ0) is 11.7. The molecule has 0 rings (SSSR count). The SMILES string of the molecule is C=C(C)C(=O)OCCC(O)OCCCC. The predicted molar refractivity (Wildman–Crippen MR) is 57.3 cm³/mol. The summed E-state index contributed by atoms with van der Waals surface area (Å²) in [4.78, 5) is 10.9. The van der Waals surface area contributed by atoms with Gasteiger partial charge in [0, 0.05) is 18.6 Å². The lowest BCUT2D eigenvalue weighted by molar-refractivity contribution is -0.144. The highest BCUT2D eigenvalue weighted by Crippen LogP contribution is 1.99. The summed E-state index contributed by atoms with van der Waals surface area (Å²) in [5.74, 6) is -0.434. The maximum atomic E-state index is 10.9. The fourth-order valence-electron chi connectivity index (χ4n) is 0.823. The second kappa shape index (κ2) is 8.44. The Morgan fingerprint density at radius 1 is 1.47 bits per heavy atom. The van der Waals surface area contributed by atoms with Crippen LogP contribution in [-0.4, -0.2) is 30.6 Å². The van der Waals surface area contributed by atoms with Crippen LogP contribution >= 0.6 is 0 Å². The molecule has 0 saturated heterocycles. The van der Waals surface area contributed by atoms with Gasteiger partial charge >= 0.3 is 5.97 Å². The van der Waals surface area contributed by atoms with Crippen molar-refractivity contribution in [3.8, 4) is 0 Å². The number of unbranched alkanes of at least 4 members (excludes halogenated alkanes) is 1. The molecule has 0 aliphatic carbocycles. The van der Waals surface area contributed by atoms with E-state index in [-0.39, 0.29) is 6.61 Å². The number of rotatable bonds is 8. The zero-order valence-corrected chi connectivity index (χ0v) is 9.49. The molecule has 1 N–H and O–H groups in total. The third-order valence-corrected chi connectivity index (χ3v) is 1.75. The van der Waals surface area contributed by atoms with Gasteiger partial charge in [-0.25, -0.2) is 4.79 Å². The molecule has 15 heavy (non-hydrogen) atoms. The lowest BCUT2D eigenvalue weighted by Crippen LogP contribution is -2.17. The number of carbonyl (C=O) groups excluding carboxylic acids is 1. The van der Waals surface area contributed by atoms with Gasteiger partial charge in [-0.05, 0) is 13.3 Å². The van der Waals surface area contributed by atoms with Crippen molar-refractivity contribution in [1.29, 1.82) is 0 Å². The van der Waals surface area contributed by atoms with Crippen LogP contribution < -0.4 is 0 Å². The topological polar surface area (TPSA) is 55.8 Å². The minimum absolute atomic E-state index is 0.152. The van der Waals surface area contributed by atoms with E-state index in [9.17, 15) is 9.90 Å². The minimum atomic E-state index is -0.852. The van der Waals surface area contributed by atoms with Crippen LogP contribution in [0.4, 0.5) is 0 Å². The van der Waals surface area contributed by atoms with Crippen LogP contribution in [0.1, 0.15) is 33.1 Å². The molecule has 1 unspecified atom stereocenters. The first-order chi connectivity index (χ1) is 7.07. The first-order valence-electron chi connectivity index (χ1n) is 5.20. The molecule has 0 aromatic carbocycles. The number of aliphatic hydroxyl groups excluding tert-OH is 1. The van der Waals surface area contributed by atoms with Crippen LogP contribution in [0.3, 0.4) is 0 Å². The fourth-order valence-corrected chi connectivity index (χ4v) is 0.823. The number of carbonyl (C=O) groups is 1. The molecule has 0 aliphatic heterocycles. The first-order valence-corrected chi connectivity index (χ1v) is 5.20. The number of ether oxygens (including phenoxy) is 2. The number of hydrogen-bond acceptors (Lipinski definition) is 4. The van der Waals surface area contributed by atoms with E-state index in [4.69, 9.17) is 9.47 Å². The molecule has 0 amide bonds. The third kappa shape index (κ3) is 8.15. The maximum absolute atomic E-state index is 10.9. The summed E-state index contributed by atoms with van der Waals surface area (Å²) in [5, 5.41) is 9.29. The van der Waals surface area contributed by atoms with Gasteiger partial charge in [0.15, 0.2) is 6.29 Å². The van der Waals surface area contributed by atoms with E-state index in [1.807, 2.05) is 6.92 Å². The van der Waals surface area contributed by atoms with Gasteiger partial charge in [0.2, 0.25) is 0 Å². The van der Waals surface area contributed by atoms with Crippen molar-refractivity contribution >= 4 is 5.97 Å². The highest BCUT2D eigenvalue weighted by Gasteiger charge is 2.07. The van der Waals surface area contributed by atoms with E-state index in [0.29, 0.717) is 18.6 Å². The number of aliphatic hydroxyl groups is 1. The summed E-state index contributed by atoms with van der Waals surface area (Å²) in [6.45, 7) is 7.76. The lowest BCUT2D eigenvalue weighted by Gasteiger charge is -2.11. The van der Waals surface area contributed by atoms with E-state index in [1.165, 1.54) is 0 Å². The highest BCUT2D eigenvalue weighted by atomic mass is 16.6. The molecule has 0 heterocycles. The quantitative estimate of drug-likeness (QED) is 0.290. The van der Waals surface area contributed by atoms with Gasteiger partial charge in [-0.1, -0.05) is 19.9 Å². The van der Waals surface area contributed by atoms with E-state index < -0.39 is 12.3 Å². The van der Waals surface area contributed by atoms with Crippen molar-refractivity contribution < 1.29 is 19.4 Å². The average Bonchev–Trinajstić information content (AvgIpc) is 2.18. The summed E-state index contributed by atoms with van der Waals surface area (Å²) in [6, 6.07) is 0. The van der Waals surface area contributed by atoms with Crippen LogP contribution in [0.2, 0.25) is 0 Å². The Balaban J connectivity index is 3.42. The molecule has 0 spiro atoms. The Morgan fingerprint density at radius 2 is 2.13 bits per heavy atom. The van der Waals surface area contributed by atoms with Crippen molar-refractivity contribution in [2.24, 2.45) is 0 Å². The molecule has 0 fully saturated rings. The summed E-state index contributed by atoms with van der Waals surface area (Å²) in [7, 11) is 0. The molecule has 0 aromatic rings. The summed E-state index contributed by atoms with van der Waals surface area (Å²) in [5.41, 5.74) is 0.358. The molecule has 1 atom stereocenters. The van der Waals surface area contributed by atoms with Crippen molar-refractivity contribution in [2.75, 3.05) is 13.2 Å². The van der Waals surface area contributed by atoms with Crippen LogP contribution in [0, 0.1) is 0 Å². The largest absolute Gasteiger partial charge is 0.462 e. The molecule has 88 valence electrons. The van der Waals surface area contributed by atoms with Crippen molar-refractivity contribution in [3.63, 3.8) is 0 Å². The van der Waals surface area contributed by atoms with Crippen LogP contribution in [-0.2, 0) is 14.3 Å². The van der Waals surface area contributed by atoms with E-state index in [1.54, 1.807) is 6.92 Å². The Kier molecular flexibility index (Phi) is 7.95. The van der Waals surface area contributed by atoms with Crippen molar-refractivity contribution in [2.45, 2.75) is 39.4 Å². The van der Waals surface area contributed by atoms with Crippen LogP contribution in [0.5, 0.6) is 0 Å². The van der Waals surface area contributed by atoms with Crippen molar-refractivity contribution in [1.82, 2.24) is 0 Å².